The van der Waals surface area contributed by atoms with Crippen molar-refractivity contribution in [2.24, 2.45) is 11.8 Å². The van der Waals surface area contributed by atoms with Gasteiger partial charge in [-0.25, -0.2) is 0 Å². The Labute approximate surface area is 117 Å². The standard InChI is InChI=1S/C12H19BO3.C3H6/c1-8(7-13)16-9(2)10-5-3-4-6-11(10)12(14)15;1-2-3-1/h8,10-11H,2-7H2,1H3,(H,14,15);1-3H2. The molecule has 2 rings (SSSR count). The van der Waals surface area contributed by atoms with Crippen molar-refractivity contribution in [3.8, 4) is 0 Å². The van der Waals surface area contributed by atoms with Gasteiger partial charge in [-0.3, -0.25) is 4.79 Å². The quantitative estimate of drug-likeness (QED) is 0.610. The van der Waals surface area contributed by atoms with Gasteiger partial charge in [-0.1, -0.05) is 45.0 Å². The summed E-state index contributed by atoms with van der Waals surface area (Å²) in [6.45, 7) is 5.72. The SMILES string of the molecule is C1CC1.[B]CC(C)OC(=C)C1CCCCC1C(=O)O. The first-order valence-corrected chi connectivity index (χ1v) is 7.34. The molecule has 1 N–H and O–H groups in total. The summed E-state index contributed by atoms with van der Waals surface area (Å²) in [5.74, 6) is -0.550. The van der Waals surface area contributed by atoms with E-state index in [2.05, 4.69) is 6.58 Å². The molecule has 3 atom stereocenters. The van der Waals surface area contributed by atoms with Gasteiger partial charge in [0.05, 0.1) is 25.6 Å². The average molecular weight is 264 g/mol. The first-order chi connectivity index (χ1) is 9.06. The van der Waals surface area contributed by atoms with Gasteiger partial charge in [0.25, 0.3) is 0 Å². The Morgan fingerprint density at radius 1 is 1.26 bits per heavy atom. The van der Waals surface area contributed by atoms with Crippen LogP contribution in [0.2, 0.25) is 6.32 Å². The molecule has 0 aromatic rings. The summed E-state index contributed by atoms with van der Waals surface area (Å²) in [4.78, 5) is 11.1. The molecule has 0 aliphatic heterocycles. The van der Waals surface area contributed by atoms with Crippen LogP contribution in [0.15, 0.2) is 12.3 Å². The zero-order chi connectivity index (χ0) is 14.3. The summed E-state index contributed by atoms with van der Waals surface area (Å²) in [6.07, 6.45) is 8.43. The maximum Gasteiger partial charge on any atom is 0.307 e. The molecule has 0 bridgehead atoms. The van der Waals surface area contributed by atoms with Gasteiger partial charge in [0.2, 0.25) is 0 Å². The summed E-state index contributed by atoms with van der Waals surface area (Å²) in [5.41, 5.74) is 0. The Balaban J connectivity index is 0.000000524. The van der Waals surface area contributed by atoms with E-state index in [1.807, 2.05) is 6.92 Å². The fraction of sp³-hybridized carbons (Fsp3) is 0.800. The summed E-state index contributed by atoms with van der Waals surface area (Å²) in [6, 6.07) is 0. The number of carboxylic acids is 1. The molecule has 2 aliphatic rings. The number of carbonyl (C=O) groups is 1. The molecule has 0 heterocycles. The topological polar surface area (TPSA) is 46.5 Å². The van der Waals surface area contributed by atoms with E-state index in [0.717, 1.165) is 25.7 Å². The number of hydrogen-bond donors (Lipinski definition) is 1. The maximum atomic E-state index is 11.1. The van der Waals surface area contributed by atoms with E-state index in [1.54, 1.807) is 0 Å². The predicted octanol–water partition coefficient (Wildman–Crippen LogP) is 3.55. The van der Waals surface area contributed by atoms with Crippen molar-refractivity contribution in [3.05, 3.63) is 12.3 Å². The maximum absolute atomic E-state index is 11.1. The van der Waals surface area contributed by atoms with Gasteiger partial charge in [-0.15, -0.1) is 0 Å². The fourth-order valence-electron chi connectivity index (χ4n) is 2.21. The molecule has 3 unspecified atom stereocenters. The van der Waals surface area contributed by atoms with Gasteiger partial charge in [0.1, 0.15) is 0 Å². The summed E-state index contributed by atoms with van der Waals surface area (Å²) < 4.78 is 5.54. The zero-order valence-electron chi connectivity index (χ0n) is 11.9. The van der Waals surface area contributed by atoms with Crippen LogP contribution in [0.4, 0.5) is 0 Å². The van der Waals surface area contributed by atoms with Gasteiger partial charge in [0, 0.05) is 5.92 Å². The zero-order valence-corrected chi connectivity index (χ0v) is 11.9. The molecule has 2 fully saturated rings. The van der Waals surface area contributed by atoms with E-state index < -0.39 is 5.97 Å². The van der Waals surface area contributed by atoms with E-state index in [0.29, 0.717) is 12.1 Å². The number of ether oxygens (including phenoxy) is 1. The molecule has 3 nitrogen and oxygen atoms in total. The molecule has 4 heteroatoms. The van der Waals surface area contributed by atoms with Crippen molar-refractivity contribution in [2.45, 2.75) is 64.3 Å². The molecule has 0 amide bonds. The third-order valence-electron chi connectivity index (χ3n) is 3.53. The van der Waals surface area contributed by atoms with Crippen LogP contribution in [0.3, 0.4) is 0 Å². The van der Waals surface area contributed by atoms with Crippen LogP contribution < -0.4 is 0 Å². The molecular formula is C15H25BO3. The van der Waals surface area contributed by atoms with Crippen LogP contribution in [0, 0.1) is 11.8 Å². The van der Waals surface area contributed by atoms with Crippen molar-refractivity contribution in [2.75, 3.05) is 0 Å². The molecule has 2 aliphatic carbocycles. The minimum Gasteiger partial charge on any atom is -0.496 e. The lowest BCUT2D eigenvalue weighted by molar-refractivity contribution is -0.145. The summed E-state index contributed by atoms with van der Waals surface area (Å²) in [5, 5.41) is 9.13. The third kappa shape index (κ3) is 6.17. The van der Waals surface area contributed by atoms with E-state index in [9.17, 15) is 4.79 Å². The Morgan fingerprint density at radius 2 is 1.79 bits per heavy atom. The van der Waals surface area contributed by atoms with E-state index in [4.69, 9.17) is 17.7 Å². The predicted molar refractivity (Wildman–Crippen MR) is 77.2 cm³/mol. The first kappa shape index (κ1) is 16.1. The Bertz CT molecular complexity index is 299. The monoisotopic (exact) mass is 264 g/mol. The third-order valence-corrected chi connectivity index (χ3v) is 3.53. The Hall–Kier alpha value is -0.925. The molecule has 106 valence electrons. The van der Waals surface area contributed by atoms with Crippen LogP contribution in [0.5, 0.6) is 0 Å². The highest BCUT2D eigenvalue weighted by molar-refractivity contribution is 6.08. The van der Waals surface area contributed by atoms with Crippen LogP contribution in [-0.2, 0) is 9.53 Å². The highest BCUT2D eigenvalue weighted by atomic mass is 16.5. The minimum absolute atomic E-state index is 0.0553. The van der Waals surface area contributed by atoms with Gasteiger partial charge < -0.3 is 9.84 Å². The summed E-state index contributed by atoms with van der Waals surface area (Å²) in [7, 11) is 5.46. The number of allylic oxidation sites excluding steroid dienone is 1. The molecule has 0 aromatic heterocycles. The van der Waals surface area contributed by atoms with Crippen molar-refractivity contribution in [1.82, 2.24) is 0 Å². The van der Waals surface area contributed by atoms with Gasteiger partial charge in [-0.2, -0.15) is 0 Å². The van der Waals surface area contributed by atoms with E-state index in [-0.39, 0.29) is 17.9 Å². The summed E-state index contributed by atoms with van der Waals surface area (Å²) >= 11 is 0. The second-order valence-electron chi connectivity index (χ2n) is 5.53. The van der Waals surface area contributed by atoms with E-state index in [1.165, 1.54) is 19.3 Å². The lowest BCUT2D eigenvalue weighted by Gasteiger charge is -2.31. The van der Waals surface area contributed by atoms with Crippen molar-refractivity contribution >= 4 is 13.8 Å². The molecular weight excluding hydrogens is 239 g/mol. The second kappa shape index (κ2) is 8.29. The number of hydrogen-bond acceptors (Lipinski definition) is 2. The number of aliphatic carboxylic acids is 1. The van der Waals surface area contributed by atoms with Crippen LogP contribution in [0.25, 0.3) is 0 Å². The van der Waals surface area contributed by atoms with Crippen LogP contribution in [-0.4, -0.2) is 25.0 Å². The normalized spacial score (nSPS) is 26.6. The second-order valence-corrected chi connectivity index (χ2v) is 5.53. The molecule has 0 saturated heterocycles. The average Bonchev–Trinajstić information content (AvgIpc) is 3.26. The Morgan fingerprint density at radius 3 is 2.21 bits per heavy atom. The smallest absolute Gasteiger partial charge is 0.307 e. The largest absolute Gasteiger partial charge is 0.496 e. The highest BCUT2D eigenvalue weighted by Gasteiger charge is 2.33. The molecule has 2 radical (unpaired) electrons. The number of rotatable bonds is 5. The number of carboxylic acid groups (broad SMARTS) is 1. The highest BCUT2D eigenvalue weighted by Crippen LogP contribution is 2.35. The van der Waals surface area contributed by atoms with Gasteiger partial charge >= 0.3 is 5.97 Å². The molecule has 19 heavy (non-hydrogen) atoms. The van der Waals surface area contributed by atoms with Crippen LogP contribution >= 0.6 is 0 Å². The van der Waals surface area contributed by atoms with Gasteiger partial charge in [0.15, 0.2) is 0 Å². The van der Waals surface area contributed by atoms with Crippen molar-refractivity contribution in [3.63, 3.8) is 0 Å². The van der Waals surface area contributed by atoms with E-state index >= 15 is 0 Å². The van der Waals surface area contributed by atoms with Crippen molar-refractivity contribution < 1.29 is 14.6 Å². The Kier molecular flexibility index (Phi) is 7.04. The van der Waals surface area contributed by atoms with Crippen LogP contribution in [0.1, 0.15) is 51.9 Å². The molecule has 0 aromatic carbocycles. The first-order valence-electron chi connectivity index (χ1n) is 7.34. The lowest BCUT2D eigenvalue weighted by atomic mass is 9.78. The lowest BCUT2D eigenvalue weighted by Crippen LogP contribution is -2.29. The van der Waals surface area contributed by atoms with Crippen molar-refractivity contribution in [1.29, 1.82) is 0 Å². The molecule has 2 saturated carbocycles. The van der Waals surface area contributed by atoms with Gasteiger partial charge in [-0.05, 0) is 19.8 Å². The molecule has 0 spiro atoms. The minimum atomic E-state index is -0.741. The fourth-order valence-corrected chi connectivity index (χ4v) is 2.21.